The van der Waals surface area contributed by atoms with Gasteiger partial charge in [0.05, 0.1) is 11.6 Å². The Labute approximate surface area is 225 Å². The van der Waals surface area contributed by atoms with Crippen molar-refractivity contribution in [3.05, 3.63) is 106 Å². The van der Waals surface area contributed by atoms with Crippen LogP contribution in [0.5, 0.6) is 5.75 Å². The lowest BCUT2D eigenvalue weighted by Gasteiger charge is -2.26. The van der Waals surface area contributed by atoms with Crippen molar-refractivity contribution in [3.63, 3.8) is 0 Å². The highest BCUT2D eigenvalue weighted by Gasteiger charge is 2.45. The third kappa shape index (κ3) is 6.14. The molecule has 1 aliphatic rings. The molecule has 1 N–H and O–H groups in total. The minimum atomic E-state index is -0.656. The topological polar surface area (TPSA) is 70.1 Å². The lowest BCUT2D eigenvalue weighted by molar-refractivity contribution is -0.139. The van der Waals surface area contributed by atoms with Gasteiger partial charge in [0.25, 0.3) is 11.7 Å². The molecule has 0 unspecified atom stereocenters. The number of carbonyl (C=O) groups excluding carboxylic acids is 2. The minimum Gasteiger partial charge on any atom is -0.507 e. The summed E-state index contributed by atoms with van der Waals surface area (Å²) in [5, 5.41) is 11.3. The van der Waals surface area contributed by atoms with Crippen molar-refractivity contribution >= 4 is 17.4 Å². The summed E-state index contributed by atoms with van der Waals surface area (Å²) in [5.74, 6) is -0.753. The molecule has 198 valence electrons. The van der Waals surface area contributed by atoms with Crippen LogP contribution in [0, 0.1) is 6.92 Å². The number of aliphatic hydroxyl groups is 1. The van der Waals surface area contributed by atoms with Crippen molar-refractivity contribution in [2.24, 2.45) is 0 Å². The molecule has 1 heterocycles. The summed E-state index contributed by atoms with van der Waals surface area (Å²) in [5.41, 5.74) is 4.81. The van der Waals surface area contributed by atoms with E-state index >= 15 is 0 Å². The molecule has 1 amide bonds. The first kappa shape index (κ1) is 27.1. The Hall–Kier alpha value is -3.90. The minimum absolute atomic E-state index is 0.123. The number of hydrogen-bond donors (Lipinski definition) is 1. The molecule has 0 saturated carbocycles. The SMILES string of the molecule is CCc1ccc([C@H]2C(=C(O)c3ccc(OCc4cccc(C)c4)cc3)C(=O)C(=O)N2CCCN(C)C)cc1. The molecule has 1 aliphatic heterocycles. The maximum Gasteiger partial charge on any atom is 0.295 e. The van der Waals surface area contributed by atoms with Crippen molar-refractivity contribution in [2.45, 2.75) is 39.3 Å². The van der Waals surface area contributed by atoms with Crippen LogP contribution in [0.4, 0.5) is 0 Å². The molecule has 38 heavy (non-hydrogen) atoms. The Morgan fingerprint density at radius 1 is 0.974 bits per heavy atom. The number of nitrogens with zero attached hydrogens (tertiary/aromatic N) is 2. The molecule has 0 aliphatic carbocycles. The van der Waals surface area contributed by atoms with E-state index in [2.05, 4.69) is 13.0 Å². The summed E-state index contributed by atoms with van der Waals surface area (Å²) in [6, 6.07) is 22.4. The molecule has 0 bridgehead atoms. The largest absolute Gasteiger partial charge is 0.507 e. The van der Waals surface area contributed by atoms with E-state index in [1.807, 2.05) is 68.4 Å². The fraction of sp³-hybridized carbons (Fsp3) is 0.312. The highest BCUT2D eigenvalue weighted by Crippen LogP contribution is 2.39. The van der Waals surface area contributed by atoms with Gasteiger partial charge in [-0.05, 0) is 81.4 Å². The molecule has 0 aromatic heterocycles. The maximum absolute atomic E-state index is 13.2. The summed E-state index contributed by atoms with van der Waals surface area (Å²) in [6.07, 6.45) is 1.61. The van der Waals surface area contributed by atoms with Crippen LogP contribution in [0.1, 0.15) is 47.2 Å². The van der Waals surface area contributed by atoms with E-state index < -0.39 is 17.7 Å². The zero-order valence-electron chi connectivity index (χ0n) is 22.6. The van der Waals surface area contributed by atoms with Crippen LogP contribution >= 0.6 is 0 Å². The highest BCUT2D eigenvalue weighted by atomic mass is 16.5. The number of ketones is 1. The number of amides is 1. The number of carbonyl (C=O) groups is 2. The Bertz CT molecular complexity index is 1310. The zero-order chi connectivity index (χ0) is 27.2. The smallest absolute Gasteiger partial charge is 0.295 e. The van der Waals surface area contributed by atoms with Crippen molar-refractivity contribution in [1.29, 1.82) is 0 Å². The van der Waals surface area contributed by atoms with Crippen molar-refractivity contribution in [3.8, 4) is 5.75 Å². The third-order valence-electron chi connectivity index (χ3n) is 6.86. The zero-order valence-corrected chi connectivity index (χ0v) is 22.6. The Morgan fingerprint density at radius 2 is 1.68 bits per heavy atom. The van der Waals surface area contributed by atoms with Crippen molar-refractivity contribution in [2.75, 3.05) is 27.2 Å². The first-order chi connectivity index (χ1) is 18.3. The van der Waals surface area contributed by atoms with Crippen LogP contribution in [0.2, 0.25) is 0 Å². The van der Waals surface area contributed by atoms with Crippen molar-refractivity contribution in [1.82, 2.24) is 9.80 Å². The number of benzene rings is 3. The lowest BCUT2D eigenvalue weighted by Crippen LogP contribution is -2.32. The monoisotopic (exact) mass is 512 g/mol. The number of Topliss-reactive ketones (excluding diaryl/α,β-unsaturated/α-hetero) is 1. The van der Waals surface area contributed by atoms with Gasteiger partial charge in [0, 0.05) is 12.1 Å². The normalized spacial score (nSPS) is 16.9. The molecule has 0 spiro atoms. The summed E-state index contributed by atoms with van der Waals surface area (Å²) in [7, 11) is 3.95. The second-order valence-electron chi connectivity index (χ2n) is 10.0. The average Bonchev–Trinajstić information content (AvgIpc) is 3.17. The van der Waals surface area contributed by atoms with Crippen LogP contribution in [-0.4, -0.2) is 53.8 Å². The molecule has 4 rings (SSSR count). The Morgan fingerprint density at radius 3 is 2.32 bits per heavy atom. The Balaban J connectivity index is 1.63. The predicted octanol–water partition coefficient (Wildman–Crippen LogP) is 5.51. The van der Waals surface area contributed by atoms with Gasteiger partial charge < -0.3 is 19.6 Å². The number of ether oxygens (including phenoxy) is 1. The van der Waals surface area contributed by atoms with E-state index in [1.165, 1.54) is 11.1 Å². The molecule has 6 heteroatoms. The van der Waals surface area contributed by atoms with E-state index in [0.29, 0.717) is 24.5 Å². The number of likely N-dealkylation sites (tertiary alicyclic amines) is 1. The van der Waals surface area contributed by atoms with E-state index in [-0.39, 0.29) is 11.3 Å². The standard InChI is InChI=1S/C32H36N2O4/c1-5-23-10-12-25(13-11-23)29-28(31(36)32(37)34(29)19-7-18-33(3)4)30(35)26-14-16-27(17-15-26)38-21-24-9-6-8-22(2)20-24/h6,8-17,20,29,35H,5,7,18-19,21H2,1-4H3/t29-/m0/s1. The third-order valence-corrected chi connectivity index (χ3v) is 6.86. The van der Waals surface area contributed by atoms with Crippen LogP contribution in [0.15, 0.2) is 78.4 Å². The highest BCUT2D eigenvalue weighted by molar-refractivity contribution is 6.46. The van der Waals surface area contributed by atoms with Crippen LogP contribution in [0.25, 0.3) is 5.76 Å². The maximum atomic E-state index is 13.2. The van der Waals surface area contributed by atoms with Gasteiger partial charge in [-0.1, -0.05) is 61.0 Å². The molecule has 1 saturated heterocycles. The number of hydrogen-bond acceptors (Lipinski definition) is 5. The molecular formula is C32H36N2O4. The molecule has 1 fully saturated rings. The predicted molar refractivity (Wildman–Crippen MR) is 150 cm³/mol. The van der Waals surface area contributed by atoms with Gasteiger partial charge >= 0.3 is 0 Å². The lowest BCUT2D eigenvalue weighted by atomic mass is 9.94. The molecule has 3 aromatic carbocycles. The number of aliphatic hydroxyl groups excluding tert-OH is 1. The number of aryl methyl sites for hydroxylation is 2. The van der Waals surface area contributed by atoms with E-state index in [0.717, 1.165) is 30.5 Å². The van der Waals surface area contributed by atoms with E-state index in [4.69, 9.17) is 4.74 Å². The second-order valence-corrected chi connectivity index (χ2v) is 10.0. The molecule has 0 radical (unpaired) electrons. The molecular weight excluding hydrogens is 476 g/mol. The fourth-order valence-electron chi connectivity index (χ4n) is 4.78. The van der Waals surface area contributed by atoms with Gasteiger partial charge in [-0.25, -0.2) is 0 Å². The van der Waals surface area contributed by atoms with Gasteiger partial charge in [0.15, 0.2) is 0 Å². The average molecular weight is 513 g/mol. The summed E-state index contributed by atoms with van der Waals surface area (Å²) in [4.78, 5) is 30.0. The van der Waals surface area contributed by atoms with Gasteiger partial charge in [-0.3, -0.25) is 9.59 Å². The Kier molecular flexibility index (Phi) is 8.64. The van der Waals surface area contributed by atoms with E-state index in [9.17, 15) is 14.7 Å². The van der Waals surface area contributed by atoms with Gasteiger partial charge in [-0.15, -0.1) is 0 Å². The molecule has 3 aromatic rings. The van der Waals surface area contributed by atoms with Crippen LogP contribution in [-0.2, 0) is 22.6 Å². The summed E-state index contributed by atoms with van der Waals surface area (Å²) in [6.45, 7) is 5.76. The summed E-state index contributed by atoms with van der Waals surface area (Å²) < 4.78 is 5.91. The fourth-order valence-corrected chi connectivity index (χ4v) is 4.78. The van der Waals surface area contributed by atoms with Crippen molar-refractivity contribution < 1.29 is 19.4 Å². The van der Waals surface area contributed by atoms with Gasteiger partial charge in [0.1, 0.15) is 18.1 Å². The van der Waals surface area contributed by atoms with Crippen LogP contribution < -0.4 is 4.74 Å². The second kappa shape index (κ2) is 12.1. The summed E-state index contributed by atoms with van der Waals surface area (Å²) >= 11 is 0. The van der Waals surface area contributed by atoms with Gasteiger partial charge in [0.2, 0.25) is 0 Å². The molecule has 1 atom stereocenters. The quantitative estimate of drug-likeness (QED) is 0.220. The number of rotatable bonds is 10. The van der Waals surface area contributed by atoms with Gasteiger partial charge in [-0.2, -0.15) is 0 Å². The van der Waals surface area contributed by atoms with Crippen LogP contribution in [0.3, 0.4) is 0 Å². The van der Waals surface area contributed by atoms with E-state index in [1.54, 1.807) is 29.2 Å². The molecule has 6 nitrogen and oxygen atoms in total. The first-order valence-electron chi connectivity index (χ1n) is 13.1. The first-order valence-corrected chi connectivity index (χ1v) is 13.1.